The normalized spacial score (nSPS) is 11.9. The molecular formula is C9H17NO5S2. The van der Waals surface area contributed by atoms with Crippen LogP contribution in [0.5, 0.6) is 0 Å². The van der Waals surface area contributed by atoms with Crippen LogP contribution in [0.1, 0.15) is 12.8 Å². The lowest BCUT2D eigenvalue weighted by Gasteiger charge is -2.02. The topological polar surface area (TPSA) is 93.0 Å². The average Bonchev–Trinajstić information content (AvgIpc) is 2.22. The number of rotatable bonds is 9. The summed E-state index contributed by atoms with van der Waals surface area (Å²) in [7, 11) is -3.34. The van der Waals surface area contributed by atoms with Crippen molar-refractivity contribution in [2.75, 3.05) is 31.0 Å². The van der Waals surface area contributed by atoms with Gasteiger partial charge in [0.05, 0.1) is 25.9 Å². The molecule has 6 nitrogen and oxygen atoms in total. The number of aliphatic hydroxyl groups is 1. The smallest absolute Gasteiger partial charge is 0.306 e. The third-order valence-electron chi connectivity index (χ3n) is 1.46. The summed E-state index contributed by atoms with van der Waals surface area (Å²) >= 11 is 1.47. The number of esters is 1. The van der Waals surface area contributed by atoms with Crippen molar-refractivity contribution in [1.29, 1.82) is 0 Å². The Bertz CT molecular complexity index is 339. The number of sulfonamides is 1. The van der Waals surface area contributed by atoms with Crippen molar-refractivity contribution in [3.05, 3.63) is 0 Å². The molecule has 0 radical (unpaired) electrons. The first-order chi connectivity index (χ1) is 7.95. The van der Waals surface area contributed by atoms with Gasteiger partial charge >= 0.3 is 5.97 Å². The van der Waals surface area contributed by atoms with Crippen molar-refractivity contribution < 1.29 is 23.1 Å². The van der Waals surface area contributed by atoms with Crippen LogP contribution in [0.25, 0.3) is 0 Å². The second-order valence-corrected chi connectivity index (χ2v) is 6.02. The first-order valence-electron chi connectivity index (χ1n) is 5.03. The lowest BCUT2D eigenvalue weighted by atomic mass is 10.5. The highest BCUT2D eigenvalue weighted by Gasteiger charge is 2.01. The van der Waals surface area contributed by atoms with E-state index in [1.165, 1.54) is 18.0 Å². The maximum absolute atomic E-state index is 11.1. The quantitative estimate of drug-likeness (QED) is 0.365. The summed E-state index contributed by atoms with van der Waals surface area (Å²) in [6.07, 6.45) is 2.77. The van der Waals surface area contributed by atoms with Crippen molar-refractivity contribution in [3.63, 3.8) is 0 Å². The summed E-state index contributed by atoms with van der Waals surface area (Å²) in [4.78, 5) is 11.1. The highest BCUT2D eigenvalue weighted by Crippen LogP contribution is 2.02. The van der Waals surface area contributed by atoms with Crippen LogP contribution in [-0.2, 0) is 19.6 Å². The molecule has 0 fully saturated rings. The van der Waals surface area contributed by atoms with Crippen LogP contribution >= 0.6 is 11.8 Å². The van der Waals surface area contributed by atoms with E-state index in [0.29, 0.717) is 11.5 Å². The zero-order chi connectivity index (χ0) is 13.1. The van der Waals surface area contributed by atoms with Crippen molar-refractivity contribution in [3.8, 4) is 0 Å². The van der Waals surface area contributed by atoms with Crippen LogP contribution < -0.4 is 0 Å². The predicted octanol–water partition coefficient (Wildman–Crippen LogP) is 0.0657. The summed E-state index contributed by atoms with van der Waals surface area (Å²) in [5, 5.41) is 8.50. The number of hydrogen-bond donors (Lipinski definition) is 1. The Balaban J connectivity index is 3.49. The van der Waals surface area contributed by atoms with Gasteiger partial charge in [-0.05, 0) is 0 Å². The average molecular weight is 283 g/mol. The molecule has 0 aliphatic rings. The fourth-order valence-electron chi connectivity index (χ4n) is 0.808. The molecule has 100 valence electrons. The van der Waals surface area contributed by atoms with Gasteiger partial charge < -0.3 is 9.84 Å². The molecular weight excluding hydrogens is 266 g/mol. The van der Waals surface area contributed by atoms with Crippen LogP contribution in [0, 0.1) is 0 Å². The molecule has 0 heterocycles. The maximum Gasteiger partial charge on any atom is 0.306 e. The fourth-order valence-corrected chi connectivity index (χ4v) is 1.83. The molecule has 0 spiro atoms. The molecule has 0 saturated heterocycles. The molecule has 0 aliphatic carbocycles. The SMILES string of the molecule is CS(=O)(=O)/N=C\CCOC(=O)CCSCCO. The third kappa shape index (κ3) is 13.3. The number of carbonyl (C=O) groups excluding carboxylic acids is 1. The molecule has 17 heavy (non-hydrogen) atoms. The van der Waals surface area contributed by atoms with E-state index in [0.717, 1.165) is 6.26 Å². The Labute approximate surface area is 106 Å². The first-order valence-corrected chi connectivity index (χ1v) is 8.04. The second kappa shape index (κ2) is 9.43. The molecule has 0 unspecified atom stereocenters. The number of thioether (sulfide) groups is 1. The highest BCUT2D eigenvalue weighted by atomic mass is 32.2. The monoisotopic (exact) mass is 283 g/mol. The van der Waals surface area contributed by atoms with Crippen molar-refractivity contribution in [1.82, 2.24) is 0 Å². The minimum atomic E-state index is -3.34. The molecule has 0 bridgehead atoms. The Morgan fingerprint density at radius 2 is 2.18 bits per heavy atom. The molecule has 0 aromatic heterocycles. The number of nitrogens with zero attached hydrogens (tertiary/aromatic N) is 1. The molecule has 0 saturated carbocycles. The highest BCUT2D eigenvalue weighted by molar-refractivity contribution is 7.99. The van der Waals surface area contributed by atoms with Gasteiger partial charge in [-0.15, -0.1) is 0 Å². The van der Waals surface area contributed by atoms with Gasteiger partial charge in [0, 0.05) is 24.1 Å². The summed E-state index contributed by atoms with van der Waals surface area (Å²) in [5.41, 5.74) is 0. The summed E-state index contributed by atoms with van der Waals surface area (Å²) in [6, 6.07) is 0. The third-order valence-corrected chi connectivity index (χ3v) is 2.96. The Kier molecular flexibility index (Phi) is 9.10. The van der Waals surface area contributed by atoms with Gasteiger partial charge in [0.15, 0.2) is 0 Å². The van der Waals surface area contributed by atoms with E-state index in [1.807, 2.05) is 0 Å². The standard InChI is InChI=1S/C9H17NO5S2/c1-17(13,14)10-4-2-6-15-9(12)3-7-16-8-5-11/h4,11H,2-3,5-8H2,1H3/b10-4-. The van der Waals surface area contributed by atoms with E-state index in [4.69, 9.17) is 9.84 Å². The Hall–Kier alpha value is -0.600. The largest absolute Gasteiger partial charge is 0.465 e. The number of carbonyl (C=O) groups is 1. The Morgan fingerprint density at radius 3 is 2.76 bits per heavy atom. The summed E-state index contributed by atoms with van der Waals surface area (Å²) < 4.78 is 29.3. The zero-order valence-corrected chi connectivity index (χ0v) is 11.3. The van der Waals surface area contributed by atoms with Crippen LogP contribution in [0.2, 0.25) is 0 Å². The van der Waals surface area contributed by atoms with Gasteiger partial charge in [0.25, 0.3) is 0 Å². The second-order valence-electron chi connectivity index (χ2n) is 3.12. The van der Waals surface area contributed by atoms with Crippen LogP contribution in [-0.4, -0.2) is 56.7 Å². The molecule has 0 aromatic rings. The number of aliphatic hydroxyl groups excluding tert-OH is 1. The maximum atomic E-state index is 11.1. The van der Waals surface area contributed by atoms with Crippen LogP contribution in [0.15, 0.2) is 4.40 Å². The number of hydrogen-bond acceptors (Lipinski definition) is 6. The van der Waals surface area contributed by atoms with Crippen molar-refractivity contribution >= 4 is 34.0 Å². The van der Waals surface area contributed by atoms with Gasteiger partial charge in [-0.1, -0.05) is 0 Å². The van der Waals surface area contributed by atoms with Gasteiger partial charge in [-0.25, -0.2) is 8.42 Å². The van der Waals surface area contributed by atoms with E-state index >= 15 is 0 Å². The molecule has 1 N–H and O–H groups in total. The van der Waals surface area contributed by atoms with Crippen LogP contribution in [0.4, 0.5) is 0 Å². The molecule has 8 heteroatoms. The molecule has 0 atom stereocenters. The lowest BCUT2D eigenvalue weighted by molar-refractivity contribution is -0.142. The van der Waals surface area contributed by atoms with Gasteiger partial charge in [0.1, 0.15) is 0 Å². The molecule has 0 amide bonds. The summed E-state index contributed by atoms with van der Waals surface area (Å²) in [5.74, 6) is 0.883. The lowest BCUT2D eigenvalue weighted by Crippen LogP contribution is -2.07. The van der Waals surface area contributed by atoms with E-state index in [9.17, 15) is 13.2 Å². The first kappa shape index (κ1) is 16.4. The summed E-state index contributed by atoms with van der Waals surface area (Å²) in [6.45, 7) is 0.226. The van der Waals surface area contributed by atoms with E-state index in [1.54, 1.807) is 0 Å². The number of ether oxygens (including phenoxy) is 1. The van der Waals surface area contributed by atoms with Gasteiger partial charge in [0.2, 0.25) is 10.0 Å². The van der Waals surface area contributed by atoms with Crippen LogP contribution in [0.3, 0.4) is 0 Å². The van der Waals surface area contributed by atoms with E-state index < -0.39 is 10.0 Å². The van der Waals surface area contributed by atoms with Gasteiger partial charge in [-0.2, -0.15) is 16.2 Å². The van der Waals surface area contributed by atoms with Crippen molar-refractivity contribution in [2.24, 2.45) is 4.40 Å². The van der Waals surface area contributed by atoms with Crippen molar-refractivity contribution in [2.45, 2.75) is 12.8 Å². The predicted molar refractivity (Wildman–Crippen MR) is 67.9 cm³/mol. The minimum Gasteiger partial charge on any atom is -0.465 e. The zero-order valence-electron chi connectivity index (χ0n) is 9.66. The minimum absolute atomic E-state index is 0.0989. The van der Waals surface area contributed by atoms with E-state index in [2.05, 4.69) is 4.40 Å². The molecule has 0 aromatic carbocycles. The molecule has 0 aliphatic heterocycles. The Morgan fingerprint density at radius 1 is 1.47 bits per heavy atom. The fraction of sp³-hybridized carbons (Fsp3) is 0.778. The molecule has 0 rings (SSSR count). The van der Waals surface area contributed by atoms with E-state index in [-0.39, 0.29) is 32.0 Å². The van der Waals surface area contributed by atoms with Gasteiger partial charge in [-0.3, -0.25) is 4.79 Å².